The fourth-order valence-corrected chi connectivity index (χ4v) is 2.21. The fraction of sp³-hybridized carbons (Fsp3) is 0.357. The van der Waals surface area contributed by atoms with E-state index in [1.54, 1.807) is 24.3 Å². The Morgan fingerprint density at radius 3 is 2.24 bits per heavy atom. The second kappa shape index (κ2) is 6.25. The Hall–Kier alpha value is -2.57. The summed E-state index contributed by atoms with van der Waals surface area (Å²) in [7, 11) is 1.50. The third-order valence-electron chi connectivity index (χ3n) is 3.54. The van der Waals surface area contributed by atoms with E-state index in [2.05, 4.69) is 16.0 Å². The van der Waals surface area contributed by atoms with Crippen LogP contribution in [0.15, 0.2) is 24.3 Å². The van der Waals surface area contributed by atoms with Gasteiger partial charge in [0, 0.05) is 18.4 Å². The van der Waals surface area contributed by atoms with Crippen LogP contribution in [0.25, 0.3) is 0 Å². The smallest absolute Gasteiger partial charge is 0.318 e. The maximum absolute atomic E-state index is 12.0. The minimum atomic E-state index is -0.934. The summed E-state index contributed by atoms with van der Waals surface area (Å²) in [6, 6.07) is 6.32. The third-order valence-corrected chi connectivity index (χ3v) is 3.54. The summed E-state index contributed by atoms with van der Waals surface area (Å²) in [6.07, 6.45) is 1.12. The van der Waals surface area contributed by atoms with Crippen LogP contribution in [0.5, 0.6) is 0 Å². The second-order valence-corrected chi connectivity index (χ2v) is 4.90. The number of hydrogen-bond acceptors (Lipinski definition) is 3. The van der Waals surface area contributed by atoms with Crippen molar-refractivity contribution < 1.29 is 19.5 Å². The molecule has 0 heterocycles. The molecule has 1 aliphatic carbocycles. The van der Waals surface area contributed by atoms with Crippen LogP contribution in [0, 0.1) is 11.8 Å². The van der Waals surface area contributed by atoms with E-state index in [0.29, 0.717) is 24.2 Å². The van der Waals surface area contributed by atoms with Gasteiger partial charge in [0.2, 0.25) is 5.91 Å². The van der Waals surface area contributed by atoms with Gasteiger partial charge in [0.1, 0.15) is 0 Å². The summed E-state index contributed by atoms with van der Waals surface area (Å²) in [6.45, 7) is 0. The Morgan fingerprint density at radius 1 is 1.10 bits per heavy atom. The number of nitrogens with one attached hydrogen (secondary N) is 3. The first-order chi connectivity index (χ1) is 10.0. The van der Waals surface area contributed by atoms with E-state index in [0.717, 1.165) is 0 Å². The van der Waals surface area contributed by atoms with Gasteiger partial charge in [-0.15, -0.1) is 0 Å². The van der Waals surface area contributed by atoms with Gasteiger partial charge in [0.15, 0.2) is 0 Å². The number of carboxylic acid groups (broad SMARTS) is 1. The predicted molar refractivity (Wildman–Crippen MR) is 77.0 cm³/mol. The number of urea groups is 1. The zero-order chi connectivity index (χ0) is 15.4. The maximum Gasteiger partial charge on any atom is 0.318 e. The summed E-state index contributed by atoms with van der Waals surface area (Å²) in [4.78, 5) is 34.2. The first-order valence-electron chi connectivity index (χ1n) is 6.63. The maximum atomic E-state index is 12.0. The van der Waals surface area contributed by atoms with Crippen LogP contribution in [-0.4, -0.2) is 30.1 Å². The fourth-order valence-electron chi connectivity index (χ4n) is 2.21. The number of benzene rings is 1. The standard InChI is InChI=1S/C14H17N3O4/c1-15-14(21)17-9-4-2-3-8(7-9)16-12(18)10-5-6-11(10)13(19)20/h2-4,7,10-11H,5-6H2,1H3,(H,16,18)(H,19,20)(H2,15,17,21). The molecular formula is C14H17N3O4. The molecule has 0 saturated heterocycles. The lowest BCUT2D eigenvalue weighted by atomic mass is 9.73. The number of hydrogen-bond donors (Lipinski definition) is 4. The molecule has 0 aromatic heterocycles. The Labute approximate surface area is 121 Å². The molecule has 2 atom stereocenters. The van der Waals surface area contributed by atoms with Gasteiger partial charge < -0.3 is 21.1 Å². The lowest BCUT2D eigenvalue weighted by molar-refractivity contribution is -0.151. The van der Waals surface area contributed by atoms with E-state index in [1.807, 2.05) is 0 Å². The zero-order valence-electron chi connectivity index (χ0n) is 11.6. The van der Waals surface area contributed by atoms with Crippen molar-refractivity contribution in [1.82, 2.24) is 5.32 Å². The van der Waals surface area contributed by atoms with Gasteiger partial charge in [0.25, 0.3) is 0 Å². The molecule has 7 heteroatoms. The molecule has 0 bridgehead atoms. The number of carbonyl (C=O) groups excluding carboxylic acids is 2. The highest BCUT2D eigenvalue weighted by molar-refractivity contribution is 5.97. The van der Waals surface area contributed by atoms with E-state index < -0.39 is 17.8 Å². The van der Waals surface area contributed by atoms with Crippen molar-refractivity contribution in [2.24, 2.45) is 11.8 Å². The van der Waals surface area contributed by atoms with Crippen molar-refractivity contribution in [3.63, 3.8) is 0 Å². The van der Waals surface area contributed by atoms with Crippen LogP contribution < -0.4 is 16.0 Å². The number of aliphatic carboxylic acids is 1. The van der Waals surface area contributed by atoms with Gasteiger partial charge >= 0.3 is 12.0 Å². The molecule has 0 spiro atoms. The molecule has 1 saturated carbocycles. The molecule has 21 heavy (non-hydrogen) atoms. The van der Waals surface area contributed by atoms with E-state index in [9.17, 15) is 14.4 Å². The average Bonchev–Trinajstić information content (AvgIpc) is 2.36. The van der Waals surface area contributed by atoms with Crippen LogP contribution >= 0.6 is 0 Å². The molecule has 7 nitrogen and oxygen atoms in total. The monoisotopic (exact) mass is 291 g/mol. The van der Waals surface area contributed by atoms with Crippen LogP contribution in [-0.2, 0) is 9.59 Å². The van der Waals surface area contributed by atoms with E-state index in [-0.39, 0.29) is 11.9 Å². The van der Waals surface area contributed by atoms with Gasteiger partial charge in [-0.1, -0.05) is 6.07 Å². The number of carbonyl (C=O) groups is 3. The zero-order valence-corrected chi connectivity index (χ0v) is 11.6. The molecule has 1 aliphatic rings. The molecule has 2 rings (SSSR count). The van der Waals surface area contributed by atoms with E-state index in [4.69, 9.17) is 5.11 Å². The highest BCUT2D eigenvalue weighted by Gasteiger charge is 2.41. The van der Waals surface area contributed by atoms with Crippen molar-refractivity contribution in [2.45, 2.75) is 12.8 Å². The largest absolute Gasteiger partial charge is 0.481 e. The van der Waals surface area contributed by atoms with Gasteiger partial charge in [-0.25, -0.2) is 4.79 Å². The Kier molecular flexibility index (Phi) is 4.42. The van der Waals surface area contributed by atoms with Crippen LogP contribution in [0.2, 0.25) is 0 Å². The summed E-state index contributed by atoms with van der Waals surface area (Å²) in [5.74, 6) is -2.32. The molecule has 3 amide bonds. The second-order valence-electron chi connectivity index (χ2n) is 4.90. The SMILES string of the molecule is CNC(=O)Nc1cccc(NC(=O)C2CCC2C(=O)O)c1. The number of carboxylic acids is 1. The summed E-state index contributed by atoms with van der Waals surface area (Å²) in [5, 5.41) is 16.7. The summed E-state index contributed by atoms with van der Waals surface area (Å²) < 4.78 is 0. The molecule has 0 radical (unpaired) electrons. The molecule has 4 N–H and O–H groups in total. The number of anilines is 2. The number of rotatable bonds is 4. The molecular weight excluding hydrogens is 274 g/mol. The van der Waals surface area contributed by atoms with Crippen molar-refractivity contribution >= 4 is 29.3 Å². The molecule has 0 aliphatic heterocycles. The van der Waals surface area contributed by atoms with Gasteiger partial charge in [0.05, 0.1) is 11.8 Å². The van der Waals surface area contributed by atoms with Crippen molar-refractivity contribution in [3.05, 3.63) is 24.3 Å². The Morgan fingerprint density at radius 2 is 1.71 bits per heavy atom. The average molecular weight is 291 g/mol. The van der Waals surface area contributed by atoms with Crippen molar-refractivity contribution in [2.75, 3.05) is 17.7 Å². The number of amides is 3. The Balaban J connectivity index is 1.99. The van der Waals surface area contributed by atoms with Crippen LogP contribution in [0.1, 0.15) is 12.8 Å². The first kappa shape index (κ1) is 14.8. The molecule has 1 fully saturated rings. The lowest BCUT2D eigenvalue weighted by Crippen LogP contribution is -2.41. The van der Waals surface area contributed by atoms with Crippen LogP contribution in [0.4, 0.5) is 16.2 Å². The summed E-state index contributed by atoms with van der Waals surface area (Å²) in [5.41, 5.74) is 1.06. The summed E-state index contributed by atoms with van der Waals surface area (Å²) >= 11 is 0. The molecule has 2 unspecified atom stereocenters. The molecule has 112 valence electrons. The van der Waals surface area contributed by atoms with Gasteiger partial charge in [-0.3, -0.25) is 9.59 Å². The minimum Gasteiger partial charge on any atom is -0.481 e. The first-order valence-corrected chi connectivity index (χ1v) is 6.63. The van der Waals surface area contributed by atoms with Crippen LogP contribution in [0.3, 0.4) is 0 Å². The highest BCUT2D eigenvalue weighted by Crippen LogP contribution is 2.35. The molecule has 1 aromatic carbocycles. The van der Waals surface area contributed by atoms with Gasteiger partial charge in [-0.05, 0) is 31.0 Å². The lowest BCUT2D eigenvalue weighted by Gasteiger charge is -2.31. The van der Waals surface area contributed by atoms with Gasteiger partial charge in [-0.2, -0.15) is 0 Å². The van der Waals surface area contributed by atoms with Crippen molar-refractivity contribution in [1.29, 1.82) is 0 Å². The predicted octanol–water partition coefficient (Wildman–Crippen LogP) is 1.49. The minimum absolute atomic E-state index is 0.300. The topological polar surface area (TPSA) is 108 Å². The van der Waals surface area contributed by atoms with E-state index in [1.165, 1.54) is 7.05 Å². The highest BCUT2D eigenvalue weighted by atomic mass is 16.4. The Bertz CT molecular complexity index is 573. The van der Waals surface area contributed by atoms with E-state index >= 15 is 0 Å². The normalized spacial score (nSPS) is 20.0. The third kappa shape index (κ3) is 3.50. The molecule has 1 aromatic rings. The van der Waals surface area contributed by atoms with Crippen molar-refractivity contribution in [3.8, 4) is 0 Å². The quantitative estimate of drug-likeness (QED) is 0.674.